The second kappa shape index (κ2) is 7.63. The van der Waals surface area contributed by atoms with E-state index in [-0.39, 0.29) is 12.1 Å². The maximum absolute atomic E-state index is 12.0. The summed E-state index contributed by atoms with van der Waals surface area (Å²) in [4.78, 5) is 35.5. The fourth-order valence-corrected chi connectivity index (χ4v) is 1.93. The van der Waals surface area contributed by atoms with Crippen LogP contribution in [-0.2, 0) is 9.53 Å². The molecule has 21 heavy (non-hydrogen) atoms. The molecule has 1 aromatic rings. The van der Waals surface area contributed by atoms with E-state index in [1.165, 1.54) is 24.1 Å². The molecule has 7 nitrogen and oxygen atoms in total. The van der Waals surface area contributed by atoms with Crippen molar-refractivity contribution in [2.24, 2.45) is 0 Å². The van der Waals surface area contributed by atoms with E-state index >= 15 is 0 Å². The van der Waals surface area contributed by atoms with Crippen LogP contribution < -0.4 is 5.32 Å². The number of carbonyl (C=O) groups is 3. The van der Waals surface area contributed by atoms with E-state index < -0.39 is 18.0 Å². The topological polar surface area (TPSA) is 95.9 Å². The smallest absolute Gasteiger partial charge is 0.336 e. The maximum atomic E-state index is 12.0. The highest BCUT2D eigenvalue weighted by Gasteiger charge is 2.17. The number of esters is 1. The van der Waals surface area contributed by atoms with E-state index in [4.69, 9.17) is 5.11 Å². The monoisotopic (exact) mass is 358 g/mol. The fourth-order valence-electron chi connectivity index (χ4n) is 1.52. The van der Waals surface area contributed by atoms with Gasteiger partial charge in [0.1, 0.15) is 6.54 Å². The predicted octanol–water partition coefficient (Wildman–Crippen LogP) is 2.17. The van der Waals surface area contributed by atoms with E-state index in [0.29, 0.717) is 16.7 Å². The molecule has 8 heteroatoms. The molecule has 2 N–H and O–H groups in total. The first-order valence-electron chi connectivity index (χ1n) is 6.04. The molecule has 0 unspecified atom stereocenters. The van der Waals surface area contributed by atoms with Gasteiger partial charge in [-0.25, -0.2) is 9.59 Å². The van der Waals surface area contributed by atoms with Crippen molar-refractivity contribution < 1.29 is 24.2 Å². The van der Waals surface area contributed by atoms with E-state index in [1.807, 2.05) is 0 Å². The first-order valence-corrected chi connectivity index (χ1v) is 6.84. The van der Waals surface area contributed by atoms with Gasteiger partial charge >= 0.3 is 18.0 Å². The number of benzene rings is 1. The minimum absolute atomic E-state index is 0.0313. The van der Waals surface area contributed by atoms with E-state index in [1.54, 1.807) is 13.0 Å². The summed E-state index contributed by atoms with van der Waals surface area (Å²) in [5, 5.41) is 11.6. The van der Waals surface area contributed by atoms with Crippen LogP contribution in [0.15, 0.2) is 22.7 Å². The predicted molar refractivity (Wildman–Crippen MR) is 79.4 cm³/mol. The van der Waals surface area contributed by atoms with Crippen molar-refractivity contribution in [1.29, 1.82) is 0 Å². The van der Waals surface area contributed by atoms with Gasteiger partial charge in [0.25, 0.3) is 0 Å². The number of urea groups is 1. The van der Waals surface area contributed by atoms with Gasteiger partial charge in [-0.15, -0.1) is 0 Å². The molecule has 0 aromatic heterocycles. The van der Waals surface area contributed by atoms with Gasteiger partial charge in [0.2, 0.25) is 0 Å². The summed E-state index contributed by atoms with van der Waals surface area (Å²) in [6.45, 7) is 1.84. The Morgan fingerprint density at radius 3 is 2.57 bits per heavy atom. The second-order valence-corrected chi connectivity index (χ2v) is 4.87. The third-order valence-electron chi connectivity index (χ3n) is 2.66. The first-order chi connectivity index (χ1) is 9.88. The average molecular weight is 359 g/mol. The first kappa shape index (κ1) is 17.0. The number of nitrogens with zero attached hydrogens (tertiary/aromatic N) is 1. The number of amides is 2. The van der Waals surface area contributed by atoms with Crippen molar-refractivity contribution in [2.45, 2.75) is 6.92 Å². The van der Waals surface area contributed by atoms with Crippen LogP contribution in [0.1, 0.15) is 17.3 Å². The maximum Gasteiger partial charge on any atom is 0.336 e. The molecule has 0 aliphatic heterocycles. The molecule has 0 spiro atoms. The second-order valence-electron chi connectivity index (χ2n) is 4.02. The van der Waals surface area contributed by atoms with Crippen molar-refractivity contribution in [3.05, 3.63) is 28.2 Å². The molecule has 0 saturated carbocycles. The van der Waals surface area contributed by atoms with Gasteiger partial charge in [-0.1, -0.05) is 0 Å². The standard InChI is InChI=1S/C13H15BrN2O5/c1-3-16(7-11(17)21-2)13(20)15-8-4-5-10(14)9(6-8)12(18)19/h4-6H,3,7H2,1-2H3,(H,15,20)(H,18,19). The fraction of sp³-hybridized carbons (Fsp3) is 0.308. The van der Waals surface area contributed by atoms with Gasteiger partial charge in [0.05, 0.1) is 12.7 Å². The lowest BCUT2D eigenvalue weighted by molar-refractivity contribution is -0.141. The Kier molecular flexibility index (Phi) is 6.16. The minimum atomic E-state index is -1.11. The summed E-state index contributed by atoms with van der Waals surface area (Å²) in [5.41, 5.74) is 0.354. The summed E-state index contributed by atoms with van der Waals surface area (Å²) < 4.78 is 4.92. The summed E-state index contributed by atoms with van der Waals surface area (Å²) in [5.74, 6) is -1.64. The number of halogens is 1. The number of anilines is 1. The number of methoxy groups -OCH3 is 1. The molecular weight excluding hydrogens is 344 g/mol. The quantitative estimate of drug-likeness (QED) is 0.786. The molecule has 0 aliphatic carbocycles. The zero-order chi connectivity index (χ0) is 16.0. The van der Waals surface area contributed by atoms with Crippen molar-refractivity contribution in [2.75, 3.05) is 25.5 Å². The van der Waals surface area contributed by atoms with Crippen LogP contribution in [0, 0.1) is 0 Å². The molecular formula is C13H15BrN2O5. The number of nitrogens with one attached hydrogen (secondary N) is 1. The number of carboxylic acids is 1. The van der Waals surface area contributed by atoms with Gasteiger partial charge < -0.3 is 20.1 Å². The zero-order valence-electron chi connectivity index (χ0n) is 11.6. The van der Waals surface area contributed by atoms with Crippen molar-refractivity contribution in [1.82, 2.24) is 4.90 Å². The molecule has 1 aromatic carbocycles. The Morgan fingerprint density at radius 1 is 1.38 bits per heavy atom. The Labute approximate surface area is 130 Å². The van der Waals surface area contributed by atoms with Crippen molar-refractivity contribution >= 4 is 39.6 Å². The number of likely N-dealkylation sites (N-methyl/N-ethyl adjacent to an activating group) is 1. The number of hydrogen-bond donors (Lipinski definition) is 2. The lowest BCUT2D eigenvalue weighted by Crippen LogP contribution is -2.39. The van der Waals surface area contributed by atoms with Crippen LogP contribution in [0.3, 0.4) is 0 Å². The summed E-state index contributed by atoms with van der Waals surface area (Å²) in [6, 6.07) is 3.90. The lowest BCUT2D eigenvalue weighted by Gasteiger charge is -2.20. The molecule has 0 radical (unpaired) electrons. The molecule has 0 heterocycles. The molecule has 0 atom stereocenters. The summed E-state index contributed by atoms with van der Waals surface area (Å²) in [6.07, 6.45) is 0. The molecule has 0 aliphatic rings. The van der Waals surface area contributed by atoms with Gasteiger partial charge in [0.15, 0.2) is 0 Å². The molecule has 2 amide bonds. The third-order valence-corrected chi connectivity index (χ3v) is 3.36. The van der Waals surface area contributed by atoms with Gasteiger partial charge in [-0.3, -0.25) is 4.79 Å². The van der Waals surface area contributed by atoms with E-state index in [9.17, 15) is 14.4 Å². The molecule has 0 bridgehead atoms. The summed E-state index contributed by atoms with van der Waals surface area (Å²) in [7, 11) is 1.24. The van der Waals surface area contributed by atoms with Crippen molar-refractivity contribution in [3.63, 3.8) is 0 Å². The minimum Gasteiger partial charge on any atom is -0.478 e. The highest BCUT2D eigenvalue weighted by molar-refractivity contribution is 9.10. The van der Waals surface area contributed by atoms with Gasteiger partial charge in [0, 0.05) is 16.7 Å². The molecule has 0 fully saturated rings. The Bertz CT molecular complexity index is 561. The van der Waals surface area contributed by atoms with Crippen LogP contribution in [0.2, 0.25) is 0 Å². The van der Waals surface area contributed by atoms with Crippen LogP contribution in [0.5, 0.6) is 0 Å². The van der Waals surface area contributed by atoms with Crippen molar-refractivity contribution in [3.8, 4) is 0 Å². The van der Waals surface area contributed by atoms with E-state index in [0.717, 1.165) is 0 Å². The highest BCUT2D eigenvalue weighted by Crippen LogP contribution is 2.21. The SMILES string of the molecule is CCN(CC(=O)OC)C(=O)Nc1ccc(Br)c(C(=O)O)c1. The van der Waals surface area contributed by atoms with E-state index in [2.05, 4.69) is 26.0 Å². The summed E-state index contributed by atoms with van der Waals surface area (Å²) >= 11 is 3.12. The van der Waals surface area contributed by atoms with Crippen LogP contribution in [0.4, 0.5) is 10.5 Å². The number of hydrogen-bond acceptors (Lipinski definition) is 4. The van der Waals surface area contributed by atoms with Gasteiger partial charge in [-0.05, 0) is 41.1 Å². The molecule has 0 saturated heterocycles. The normalized spacial score (nSPS) is 9.86. The number of aromatic carboxylic acids is 1. The molecule has 114 valence electrons. The Hall–Kier alpha value is -2.09. The van der Waals surface area contributed by atoms with Crippen LogP contribution in [0.25, 0.3) is 0 Å². The highest BCUT2D eigenvalue weighted by atomic mass is 79.9. The van der Waals surface area contributed by atoms with Crippen LogP contribution >= 0.6 is 15.9 Å². The number of ether oxygens (including phenoxy) is 1. The van der Waals surface area contributed by atoms with Crippen LogP contribution in [-0.4, -0.2) is 48.2 Å². The third kappa shape index (κ3) is 4.75. The number of rotatable bonds is 5. The number of carboxylic acid groups (broad SMARTS) is 1. The lowest BCUT2D eigenvalue weighted by atomic mass is 10.2. The molecule has 1 rings (SSSR count). The average Bonchev–Trinajstić information content (AvgIpc) is 2.45. The largest absolute Gasteiger partial charge is 0.478 e. The Balaban J connectivity index is 2.84. The Morgan fingerprint density at radius 2 is 2.05 bits per heavy atom. The number of carbonyl (C=O) groups excluding carboxylic acids is 2. The van der Waals surface area contributed by atoms with Gasteiger partial charge in [-0.2, -0.15) is 0 Å². The zero-order valence-corrected chi connectivity index (χ0v) is 13.1.